The predicted molar refractivity (Wildman–Crippen MR) is 117 cm³/mol. The summed E-state index contributed by atoms with van der Waals surface area (Å²) in [6.45, 7) is 8.87. The van der Waals surface area contributed by atoms with Gasteiger partial charge in [-0.05, 0) is 45.9 Å². The first-order chi connectivity index (χ1) is 13.6. The fourth-order valence-corrected chi connectivity index (χ4v) is 3.66. The van der Waals surface area contributed by atoms with Crippen molar-refractivity contribution in [3.8, 4) is 0 Å². The standard InChI is InChI=1S/C19H25Cl2N5O2S/c1-5-26-15(24-25-18(26)29-11-16(27)23-19(2,3)4)8-9-22-17(28)12-6-7-13(20)14(21)10-12/h6-7,10H,5,8-9,11H2,1-4H3,(H,22,28)(H,23,27). The molecule has 0 spiro atoms. The summed E-state index contributed by atoms with van der Waals surface area (Å²) in [7, 11) is 0. The molecule has 29 heavy (non-hydrogen) atoms. The van der Waals surface area contributed by atoms with Gasteiger partial charge in [0.05, 0.1) is 15.8 Å². The number of nitrogens with one attached hydrogen (secondary N) is 2. The topological polar surface area (TPSA) is 88.9 Å². The molecule has 2 aromatic rings. The van der Waals surface area contributed by atoms with Crippen LogP contribution in [0.25, 0.3) is 0 Å². The lowest BCUT2D eigenvalue weighted by Gasteiger charge is -2.20. The molecule has 0 aliphatic carbocycles. The lowest BCUT2D eigenvalue weighted by Crippen LogP contribution is -2.41. The molecule has 2 rings (SSSR count). The van der Waals surface area contributed by atoms with E-state index < -0.39 is 0 Å². The van der Waals surface area contributed by atoms with E-state index in [4.69, 9.17) is 23.2 Å². The van der Waals surface area contributed by atoms with Gasteiger partial charge in [0.15, 0.2) is 5.16 Å². The van der Waals surface area contributed by atoms with E-state index in [1.165, 1.54) is 17.8 Å². The Bertz CT molecular complexity index is 880. The number of carbonyl (C=O) groups excluding carboxylic acids is 2. The largest absolute Gasteiger partial charge is 0.352 e. The maximum absolute atomic E-state index is 12.2. The second-order valence-electron chi connectivity index (χ2n) is 7.36. The normalized spacial score (nSPS) is 11.4. The van der Waals surface area contributed by atoms with Crippen LogP contribution in [0.2, 0.25) is 10.0 Å². The molecule has 7 nitrogen and oxygen atoms in total. The van der Waals surface area contributed by atoms with Crippen molar-refractivity contribution >= 4 is 46.8 Å². The Morgan fingerprint density at radius 3 is 2.52 bits per heavy atom. The van der Waals surface area contributed by atoms with Gasteiger partial charge in [-0.1, -0.05) is 35.0 Å². The molecule has 0 aliphatic heterocycles. The molecule has 0 aliphatic rings. The average Bonchev–Trinajstić information content (AvgIpc) is 3.02. The Hall–Kier alpha value is -1.77. The zero-order valence-corrected chi connectivity index (χ0v) is 19.2. The van der Waals surface area contributed by atoms with E-state index in [9.17, 15) is 9.59 Å². The SMILES string of the molecule is CCn1c(CCNC(=O)c2ccc(Cl)c(Cl)c2)nnc1SCC(=O)NC(C)(C)C. The summed E-state index contributed by atoms with van der Waals surface area (Å²) < 4.78 is 1.94. The monoisotopic (exact) mass is 457 g/mol. The van der Waals surface area contributed by atoms with Crippen molar-refractivity contribution in [3.05, 3.63) is 39.6 Å². The van der Waals surface area contributed by atoms with Crippen LogP contribution in [0.1, 0.15) is 43.9 Å². The van der Waals surface area contributed by atoms with E-state index in [1.54, 1.807) is 12.1 Å². The molecule has 1 aromatic carbocycles. The Labute approximate surface area is 184 Å². The minimum absolute atomic E-state index is 0.0522. The van der Waals surface area contributed by atoms with Gasteiger partial charge in [-0.2, -0.15) is 0 Å². The molecule has 2 amide bonds. The number of amides is 2. The number of hydrogen-bond acceptors (Lipinski definition) is 5. The van der Waals surface area contributed by atoms with Crippen molar-refractivity contribution in [2.75, 3.05) is 12.3 Å². The third kappa shape index (κ3) is 7.21. The molecule has 0 atom stereocenters. The zero-order valence-electron chi connectivity index (χ0n) is 16.9. The number of thioether (sulfide) groups is 1. The van der Waals surface area contributed by atoms with Crippen molar-refractivity contribution < 1.29 is 9.59 Å². The van der Waals surface area contributed by atoms with Gasteiger partial charge in [0, 0.05) is 30.6 Å². The Balaban J connectivity index is 1.90. The second-order valence-corrected chi connectivity index (χ2v) is 9.12. The lowest BCUT2D eigenvalue weighted by atomic mass is 10.1. The smallest absolute Gasteiger partial charge is 0.251 e. The third-order valence-corrected chi connectivity index (χ3v) is 5.48. The fraction of sp³-hybridized carbons (Fsp3) is 0.474. The first-order valence-electron chi connectivity index (χ1n) is 9.20. The average molecular weight is 458 g/mol. The van der Waals surface area contributed by atoms with Gasteiger partial charge in [0.1, 0.15) is 5.82 Å². The summed E-state index contributed by atoms with van der Waals surface area (Å²) in [4.78, 5) is 24.3. The van der Waals surface area contributed by atoms with Crippen LogP contribution in [0.3, 0.4) is 0 Å². The van der Waals surface area contributed by atoms with Crippen molar-refractivity contribution in [2.45, 2.75) is 51.4 Å². The van der Waals surface area contributed by atoms with Gasteiger partial charge in [-0.25, -0.2) is 0 Å². The zero-order chi connectivity index (χ0) is 21.6. The minimum atomic E-state index is -0.270. The number of aromatic nitrogens is 3. The molecule has 0 fully saturated rings. The van der Waals surface area contributed by atoms with Crippen LogP contribution in [0.15, 0.2) is 23.4 Å². The van der Waals surface area contributed by atoms with Crippen LogP contribution in [0, 0.1) is 0 Å². The summed E-state index contributed by atoms with van der Waals surface area (Å²) >= 11 is 13.2. The molecule has 0 unspecified atom stereocenters. The number of halogens is 2. The van der Waals surface area contributed by atoms with E-state index in [2.05, 4.69) is 20.8 Å². The molecule has 10 heteroatoms. The number of nitrogens with zero attached hydrogens (tertiary/aromatic N) is 3. The highest BCUT2D eigenvalue weighted by Crippen LogP contribution is 2.22. The summed E-state index contributed by atoms with van der Waals surface area (Å²) in [5.74, 6) is 0.729. The molecule has 158 valence electrons. The number of rotatable bonds is 8. The van der Waals surface area contributed by atoms with Gasteiger partial charge in [0.25, 0.3) is 5.91 Å². The molecule has 1 aromatic heterocycles. The number of hydrogen-bond donors (Lipinski definition) is 2. The van der Waals surface area contributed by atoms with E-state index in [0.717, 1.165) is 5.82 Å². The quantitative estimate of drug-likeness (QED) is 0.591. The molecule has 0 bridgehead atoms. The highest BCUT2D eigenvalue weighted by Gasteiger charge is 2.17. The van der Waals surface area contributed by atoms with E-state index in [0.29, 0.717) is 40.3 Å². The Morgan fingerprint density at radius 1 is 1.17 bits per heavy atom. The lowest BCUT2D eigenvalue weighted by molar-refractivity contribution is -0.119. The van der Waals surface area contributed by atoms with Crippen molar-refractivity contribution in [3.63, 3.8) is 0 Å². The van der Waals surface area contributed by atoms with Gasteiger partial charge in [-0.15, -0.1) is 10.2 Å². The highest BCUT2D eigenvalue weighted by molar-refractivity contribution is 7.99. The first kappa shape index (κ1) is 23.5. The van der Waals surface area contributed by atoms with Crippen LogP contribution in [0.4, 0.5) is 0 Å². The fourth-order valence-electron chi connectivity index (χ4n) is 2.54. The molecule has 2 N–H and O–H groups in total. The highest BCUT2D eigenvalue weighted by atomic mass is 35.5. The number of carbonyl (C=O) groups is 2. The summed E-state index contributed by atoms with van der Waals surface area (Å²) in [6, 6.07) is 4.74. The van der Waals surface area contributed by atoms with Crippen LogP contribution in [-0.4, -0.2) is 44.4 Å². The van der Waals surface area contributed by atoms with Crippen LogP contribution < -0.4 is 10.6 Å². The minimum Gasteiger partial charge on any atom is -0.352 e. The second kappa shape index (κ2) is 10.3. The molecular formula is C19H25Cl2N5O2S. The summed E-state index contributed by atoms with van der Waals surface area (Å²) in [5.41, 5.74) is 0.172. The maximum atomic E-state index is 12.2. The van der Waals surface area contributed by atoms with Crippen LogP contribution in [-0.2, 0) is 17.8 Å². The van der Waals surface area contributed by atoms with Crippen molar-refractivity contribution in [2.24, 2.45) is 0 Å². The van der Waals surface area contributed by atoms with Gasteiger partial charge >= 0.3 is 0 Å². The van der Waals surface area contributed by atoms with Crippen LogP contribution >= 0.6 is 35.0 Å². The number of benzene rings is 1. The van der Waals surface area contributed by atoms with Gasteiger partial charge in [0.2, 0.25) is 5.91 Å². The summed E-state index contributed by atoms with van der Waals surface area (Å²) in [5, 5.41) is 15.6. The Kier molecular flexibility index (Phi) is 8.36. The van der Waals surface area contributed by atoms with E-state index >= 15 is 0 Å². The maximum Gasteiger partial charge on any atom is 0.251 e. The predicted octanol–water partition coefficient (Wildman–Crippen LogP) is 3.58. The molecule has 0 saturated carbocycles. The van der Waals surface area contributed by atoms with Gasteiger partial charge in [-0.3, -0.25) is 9.59 Å². The van der Waals surface area contributed by atoms with Crippen molar-refractivity contribution in [1.82, 2.24) is 25.4 Å². The molecule has 1 heterocycles. The summed E-state index contributed by atoms with van der Waals surface area (Å²) in [6.07, 6.45) is 0.517. The molecule has 0 radical (unpaired) electrons. The van der Waals surface area contributed by atoms with Crippen molar-refractivity contribution in [1.29, 1.82) is 0 Å². The van der Waals surface area contributed by atoms with E-state index in [-0.39, 0.29) is 23.1 Å². The third-order valence-electron chi connectivity index (χ3n) is 3.77. The van der Waals surface area contributed by atoms with Crippen LogP contribution in [0.5, 0.6) is 0 Å². The Morgan fingerprint density at radius 2 is 1.90 bits per heavy atom. The first-order valence-corrected chi connectivity index (χ1v) is 10.9. The van der Waals surface area contributed by atoms with E-state index in [1.807, 2.05) is 32.3 Å². The molecule has 0 saturated heterocycles. The molecular weight excluding hydrogens is 433 g/mol. The van der Waals surface area contributed by atoms with Gasteiger partial charge < -0.3 is 15.2 Å².